The molecule has 2 aliphatic heterocycles. The number of nitrogens with zero attached hydrogens (tertiary/aromatic N) is 2. The van der Waals surface area contributed by atoms with Gasteiger partial charge in [-0.3, -0.25) is 4.79 Å². The molecule has 2 fully saturated rings. The summed E-state index contributed by atoms with van der Waals surface area (Å²) in [7, 11) is 1.68. The standard InChI is InChI=1S/C18H26N2O2S2/c1-15(21)18(14-23-17-8-6-16(22-2)7-9-17)20(12-13-24-18)19-10-4-3-5-11-19/h6-9H,3-5,10-14H2,1-2H3. The van der Waals surface area contributed by atoms with Crippen LogP contribution in [0.1, 0.15) is 26.2 Å². The topological polar surface area (TPSA) is 32.8 Å². The monoisotopic (exact) mass is 366 g/mol. The summed E-state index contributed by atoms with van der Waals surface area (Å²) in [6.07, 6.45) is 3.78. The van der Waals surface area contributed by atoms with Crippen molar-refractivity contribution in [2.75, 3.05) is 38.2 Å². The van der Waals surface area contributed by atoms with Gasteiger partial charge >= 0.3 is 0 Å². The Morgan fingerprint density at radius 3 is 2.54 bits per heavy atom. The lowest BCUT2D eigenvalue weighted by atomic mass is 10.1. The Balaban J connectivity index is 1.73. The molecule has 0 N–H and O–H groups in total. The van der Waals surface area contributed by atoms with Gasteiger partial charge in [-0.05, 0) is 44.0 Å². The third kappa shape index (κ3) is 3.77. The molecule has 132 valence electrons. The number of thioether (sulfide) groups is 2. The quantitative estimate of drug-likeness (QED) is 0.717. The average Bonchev–Trinajstić information content (AvgIpc) is 3.06. The summed E-state index contributed by atoms with van der Waals surface area (Å²) in [6, 6.07) is 8.10. The van der Waals surface area contributed by atoms with E-state index in [9.17, 15) is 4.79 Å². The Morgan fingerprint density at radius 1 is 1.21 bits per heavy atom. The van der Waals surface area contributed by atoms with E-state index in [-0.39, 0.29) is 5.78 Å². The van der Waals surface area contributed by atoms with Gasteiger partial charge in [-0.15, -0.1) is 23.5 Å². The van der Waals surface area contributed by atoms with Crippen LogP contribution in [0.25, 0.3) is 0 Å². The van der Waals surface area contributed by atoms with Crippen LogP contribution in [-0.4, -0.2) is 58.9 Å². The molecule has 0 saturated carbocycles. The zero-order chi connectivity index (χ0) is 17.0. The third-order valence-corrected chi connectivity index (χ3v) is 7.64. The number of hydrogen-bond acceptors (Lipinski definition) is 6. The summed E-state index contributed by atoms with van der Waals surface area (Å²) in [5.41, 5.74) is 0. The maximum absolute atomic E-state index is 12.6. The second-order valence-electron chi connectivity index (χ2n) is 6.29. The number of methoxy groups -OCH3 is 1. The van der Waals surface area contributed by atoms with E-state index >= 15 is 0 Å². The summed E-state index contributed by atoms with van der Waals surface area (Å²) in [5, 5.41) is 4.80. The largest absolute Gasteiger partial charge is 0.497 e. The first kappa shape index (κ1) is 18.1. The first-order chi connectivity index (χ1) is 11.7. The number of ketones is 1. The lowest BCUT2D eigenvalue weighted by Crippen LogP contribution is -2.58. The average molecular weight is 367 g/mol. The van der Waals surface area contributed by atoms with Crippen LogP contribution < -0.4 is 4.74 Å². The van der Waals surface area contributed by atoms with Gasteiger partial charge in [-0.25, -0.2) is 10.0 Å². The summed E-state index contributed by atoms with van der Waals surface area (Å²) in [6.45, 7) is 4.91. The van der Waals surface area contributed by atoms with Crippen molar-refractivity contribution in [3.63, 3.8) is 0 Å². The van der Waals surface area contributed by atoms with Gasteiger partial charge in [0.2, 0.25) is 0 Å². The molecule has 0 radical (unpaired) electrons. The van der Waals surface area contributed by atoms with E-state index in [2.05, 4.69) is 22.2 Å². The van der Waals surface area contributed by atoms with Crippen LogP contribution in [0.2, 0.25) is 0 Å². The van der Waals surface area contributed by atoms with Crippen LogP contribution in [0.15, 0.2) is 29.2 Å². The molecule has 0 aliphatic carbocycles. The van der Waals surface area contributed by atoms with E-state index in [1.807, 2.05) is 23.9 Å². The van der Waals surface area contributed by atoms with Crippen LogP contribution in [0.5, 0.6) is 5.75 Å². The Morgan fingerprint density at radius 2 is 1.92 bits per heavy atom. The first-order valence-corrected chi connectivity index (χ1v) is 10.6. The molecular formula is C18H26N2O2S2. The van der Waals surface area contributed by atoms with Crippen LogP contribution in [0.3, 0.4) is 0 Å². The van der Waals surface area contributed by atoms with Gasteiger partial charge < -0.3 is 4.74 Å². The van der Waals surface area contributed by atoms with Crippen molar-refractivity contribution in [1.82, 2.24) is 10.0 Å². The van der Waals surface area contributed by atoms with Crippen LogP contribution in [0.4, 0.5) is 0 Å². The molecule has 2 saturated heterocycles. The number of Topliss-reactive ketones (excluding diaryl/α,β-unsaturated/α-hetero) is 1. The zero-order valence-corrected chi connectivity index (χ0v) is 16.1. The molecule has 4 nitrogen and oxygen atoms in total. The number of rotatable bonds is 6. The third-order valence-electron chi connectivity index (χ3n) is 4.78. The molecule has 1 unspecified atom stereocenters. The van der Waals surface area contributed by atoms with Gasteiger partial charge in [0.1, 0.15) is 10.6 Å². The minimum atomic E-state index is -0.415. The maximum atomic E-state index is 12.6. The lowest BCUT2D eigenvalue weighted by Gasteiger charge is -2.44. The van der Waals surface area contributed by atoms with Gasteiger partial charge in [0, 0.05) is 36.0 Å². The number of hydrogen-bond donors (Lipinski definition) is 0. The van der Waals surface area contributed by atoms with Crippen molar-refractivity contribution in [2.24, 2.45) is 0 Å². The molecule has 0 spiro atoms. The van der Waals surface area contributed by atoms with Crippen molar-refractivity contribution in [3.8, 4) is 5.75 Å². The van der Waals surface area contributed by atoms with Crippen LogP contribution >= 0.6 is 23.5 Å². The first-order valence-electron chi connectivity index (χ1n) is 8.60. The predicted molar refractivity (Wildman–Crippen MR) is 102 cm³/mol. The fourth-order valence-electron chi connectivity index (χ4n) is 3.40. The second-order valence-corrected chi connectivity index (χ2v) is 8.71. The molecule has 3 rings (SSSR count). The zero-order valence-electron chi connectivity index (χ0n) is 14.5. The molecule has 6 heteroatoms. The number of piperidine rings is 1. The SMILES string of the molecule is COc1ccc(SCC2(C(C)=O)SCCN2N2CCCCC2)cc1. The van der Waals surface area contributed by atoms with Crippen molar-refractivity contribution in [1.29, 1.82) is 0 Å². The number of benzene rings is 1. The van der Waals surface area contributed by atoms with Crippen molar-refractivity contribution in [3.05, 3.63) is 24.3 Å². The van der Waals surface area contributed by atoms with E-state index in [1.165, 1.54) is 24.2 Å². The van der Waals surface area contributed by atoms with Crippen LogP contribution in [0, 0.1) is 0 Å². The second kappa shape index (κ2) is 8.13. The molecular weight excluding hydrogens is 340 g/mol. The van der Waals surface area contributed by atoms with Crippen molar-refractivity contribution >= 4 is 29.3 Å². The van der Waals surface area contributed by atoms with Gasteiger partial charge in [0.25, 0.3) is 0 Å². The Kier molecular flexibility index (Phi) is 6.13. The van der Waals surface area contributed by atoms with Crippen molar-refractivity contribution in [2.45, 2.75) is 36.0 Å². The highest BCUT2D eigenvalue weighted by Crippen LogP contribution is 2.42. The molecule has 1 aromatic carbocycles. The normalized spacial score (nSPS) is 25.8. The molecule has 0 bridgehead atoms. The number of carbonyl (C=O) groups excluding carboxylic acids is 1. The molecule has 0 aromatic heterocycles. The van der Waals surface area contributed by atoms with Gasteiger partial charge in [0.15, 0.2) is 5.78 Å². The minimum absolute atomic E-state index is 0.275. The van der Waals surface area contributed by atoms with Gasteiger partial charge in [0.05, 0.1) is 7.11 Å². The van der Waals surface area contributed by atoms with E-state index < -0.39 is 4.87 Å². The summed E-state index contributed by atoms with van der Waals surface area (Å²) in [5.74, 6) is 2.96. The smallest absolute Gasteiger partial charge is 0.162 e. The fourth-order valence-corrected chi connectivity index (χ4v) is 6.11. The molecule has 1 aromatic rings. The number of hydrazine groups is 1. The van der Waals surface area contributed by atoms with E-state index in [0.717, 1.165) is 36.9 Å². The van der Waals surface area contributed by atoms with E-state index in [0.29, 0.717) is 0 Å². The van der Waals surface area contributed by atoms with E-state index in [1.54, 1.807) is 25.8 Å². The molecule has 2 heterocycles. The Labute approximate surface area is 153 Å². The molecule has 24 heavy (non-hydrogen) atoms. The number of ether oxygens (including phenoxy) is 1. The summed E-state index contributed by atoms with van der Waals surface area (Å²) < 4.78 is 5.22. The predicted octanol–water partition coefficient (Wildman–Crippen LogP) is 3.52. The lowest BCUT2D eigenvalue weighted by molar-refractivity contribution is -0.134. The summed E-state index contributed by atoms with van der Waals surface area (Å²) >= 11 is 3.58. The molecule has 2 aliphatic rings. The van der Waals surface area contributed by atoms with Gasteiger partial charge in [-0.1, -0.05) is 6.42 Å². The Bertz CT molecular complexity index is 561. The molecule has 0 amide bonds. The highest BCUT2D eigenvalue weighted by Gasteiger charge is 2.48. The Hall–Kier alpha value is -0.690. The number of carbonyl (C=O) groups is 1. The minimum Gasteiger partial charge on any atom is -0.497 e. The summed E-state index contributed by atoms with van der Waals surface area (Å²) in [4.78, 5) is 13.4. The van der Waals surface area contributed by atoms with Crippen LogP contribution in [-0.2, 0) is 4.79 Å². The van der Waals surface area contributed by atoms with E-state index in [4.69, 9.17) is 4.74 Å². The fraction of sp³-hybridized carbons (Fsp3) is 0.611. The van der Waals surface area contributed by atoms with Gasteiger partial charge in [-0.2, -0.15) is 0 Å². The highest BCUT2D eigenvalue weighted by atomic mass is 32.2. The van der Waals surface area contributed by atoms with Crippen molar-refractivity contribution < 1.29 is 9.53 Å². The highest BCUT2D eigenvalue weighted by molar-refractivity contribution is 8.04. The maximum Gasteiger partial charge on any atom is 0.162 e. The molecule has 1 atom stereocenters.